The van der Waals surface area contributed by atoms with Crippen LogP contribution in [0.2, 0.25) is 0 Å². The highest BCUT2D eigenvalue weighted by molar-refractivity contribution is 5.86. The maximum absolute atomic E-state index is 11.1. The van der Waals surface area contributed by atoms with Gasteiger partial charge in [-0.05, 0) is 13.8 Å². The molecule has 0 atom stereocenters. The molecule has 0 radical (unpaired) electrons. The van der Waals surface area contributed by atoms with Gasteiger partial charge in [0.1, 0.15) is 0 Å². The molecule has 0 aliphatic heterocycles. The molecule has 0 aliphatic rings. The van der Waals surface area contributed by atoms with Gasteiger partial charge in [0.15, 0.2) is 5.76 Å². The molecule has 14 heavy (non-hydrogen) atoms. The van der Waals surface area contributed by atoms with Crippen LogP contribution in [0, 0.1) is 10.1 Å². The Hall–Kier alpha value is -1.59. The number of ether oxygens (including phenoxy) is 2. The van der Waals surface area contributed by atoms with Gasteiger partial charge in [0, 0.05) is 6.92 Å². The third kappa shape index (κ3) is 3.42. The fraction of sp³-hybridized carbons (Fsp3) is 0.625. The van der Waals surface area contributed by atoms with E-state index in [-0.39, 0.29) is 19.0 Å². The van der Waals surface area contributed by atoms with Crippen LogP contribution >= 0.6 is 0 Å². The highest BCUT2D eigenvalue weighted by Crippen LogP contribution is 2.08. The van der Waals surface area contributed by atoms with Crippen LogP contribution in [0.3, 0.4) is 0 Å². The molecule has 0 fully saturated rings. The zero-order valence-electron chi connectivity index (χ0n) is 8.40. The minimum atomic E-state index is -0.969. The summed E-state index contributed by atoms with van der Waals surface area (Å²) in [7, 11) is 0. The summed E-state index contributed by atoms with van der Waals surface area (Å²) < 4.78 is 9.38. The van der Waals surface area contributed by atoms with E-state index in [0.29, 0.717) is 0 Å². The summed E-state index contributed by atoms with van der Waals surface area (Å²) >= 11 is 0. The van der Waals surface area contributed by atoms with Gasteiger partial charge in [-0.15, -0.1) is 0 Å². The predicted molar refractivity (Wildman–Crippen MR) is 48.0 cm³/mol. The lowest BCUT2D eigenvalue weighted by Gasteiger charge is -2.04. The average Bonchev–Trinajstić information content (AvgIpc) is 2.04. The fourth-order valence-electron chi connectivity index (χ4n) is 0.831. The second-order valence-corrected chi connectivity index (χ2v) is 2.32. The number of nitro groups is 1. The minimum Gasteiger partial charge on any atom is -0.491 e. The van der Waals surface area contributed by atoms with E-state index >= 15 is 0 Å². The summed E-state index contributed by atoms with van der Waals surface area (Å²) in [6, 6.07) is 0. The van der Waals surface area contributed by atoms with Gasteiger partial charge in [0.25, 0.3) is 0 Å². The summed E-state index contributed by atoms with van der Waals surface area (Å²) in [5.41, 5.74) is -0.645. The van der Waals surface area contributed by atoms with Crippen LogP contribution < -0.4 is 0 Å². The Morgan fingerprint density at radius 2 is 1.79 bits per heavy atom. The van der Waals surface area contributed by atoms with E-state index in [1.807, 2.05) is 0 Å². The van der Waals surface area contributed by atoms with Crippen molar-refractivity contribution in [3.8, 4) is 0 Å². The Balaban J connectivity index is 4.83. The first-order chi connectivity index (χ1) is 6.54. The monoisotopic (exact) mass is 203 g/mol. The molecule has 6 heteroatoms. The van der Waals surface area contributed by atoms with E-state index in [1.165, 1.54) is 6.92 Å². The van der Waals surface area contributed by atoms with Gasteiger partial charge in [0.2, 0.25) is 0 Å². The lowest BCUT2D eigenvalue weighted by atomic mass is 10.4. The number of carbonyl (C=O) groups excluding carboxylic acids is 1. The first-order valence-corrected chi connectivity index (χ1v) is 4.19. The van der Waals surface area contributed by atoms with Crippen LogP contribution in [0.4, 0.5) is 0 Å². The quantitative estimate of drug-likeness (QED) is 0.220. The first kappa shape index (κ1) is 12.4. The van der Waals surface area contributed by atoms with Gasteiger partial charge in [-0.25, -0.2) is 4.79 Å². The van der Waals surface area contributed by atoms with E-state index < -0.39 is 16.6 Å². The van der Waals surface area contributed by atoms with Gasteiger partial charge in [-0.1, -0.05) is 0 Å². The largest absolute Gasteiger partial charge is 0.491 e. The van der Waals surface area contributed by atoms with E-state index in [0.717, 1.165) is 0 Å². The number of rotatable bonds is 5. The topological polar surface area (TPSA) is 78.7 Å². The Bertz CT molecular complexity index is 258. The van der Waals surface area contributed by atoms with Crippen LogP contribution in [-0.4, -0.2) is 24.1 Å². The number of allylic oxidation sites excluding steroid dienone is 1. The molecule has 0 amide bonds. The molecule has 0 N–H and O–H groups in total. The molecule has 0 saturated carbocycles. The van der Waals surface area contributed by atoms with Crippen molar-refractivity contribution in [1.82, 2.24) is 0 Å². The number of hydrogen-bond acceptors (Lipinski definition) is 5. The van der Waals surface area contributed by atoms with Crippen molar-refractivity contribution in [2.24, 2.45) is 0 Å². The van der Waals surface area contributed by atoms with Crippen LogP contribution in [0.1, 0.15) is 20.8 Å². The Labute approximate surface area is 81.6 Å². The Morgan fingerprint density at radius 3 is 2.14 bits per heavy atom. The summed E-state index contributed by atoms with van der Waals surface area (Å²) in [4.78, 5) is 20.8. The lowest BCUT2D eigenvalue weighted by Crippen LogP contribution is -2.17. The van der Waals surface area contributed by atoms with Crippen molar-refractivity contribution in [3.63, 3.8) is 0 Å². The third-order valence-electron chi connectivity index (χ3n) is 1.35. The normalized spacial score (nSPS) is 11.6. The second kappa shape index (κ2) is 5.95. The van der Waals surface area contributed by atoms with E-state index in [4.69, 9.17) is 4.74 Å². The van der Waals surface area contributed by atoms with E-state index in [1.54, 1.807) is 13.8 Å². The molecular weight excluding hydrogens is 190 g/mol. The zero-order valence-corrected chi connectivity index (χ0v) is 8.40. The average molecular weight is 203 g/mol. The van der Waals surface area contributed by atoms with Gasteiger partial charge in [-0.2, -0.15) is 0 Å². The Kier molecular flexibility index (Phi) is 5.28. The number of nitrogens with zero attached hydrogens (tertiary/aromatic N) is 1. The van der Waals surface area contributed by atoms with Crippen molar-refractivity contribution in [2.75, 3.05) is 13.2 Å². The van der Waals surface area contributed by atoms with Gasteiger partial charge >= 0.3 is 11.7 Å². The van der Waals surface area contributed by atoms with Crippen molar-refractivity contribution in [1.29, 1.82) is 0 Å². The molecule has 0 aromatic rings. The molecule has 0 aromatic heterocycles. The van der Waals surface area contributed by atoms with Crippen molar-refractivity contribution >= 4 is 5.97 Å². The molecule has 0 saturated heterocycles. The van der Waals surface area contributed by atoms with E-state index in [9.17, 15) is 14.9 Å². The number of esters is 1. The number of hydrogen-bond donors (Lipinski definition) is 0. The highest BCUT2D eigenvalue weighted by Gasteiger charge is 2.28. The maximum atomic E-state index is 11.1. The Morgan fingerprint density at radius 1 is 1.29 bits per heavy atom. The van der Waals surface area contributed by atoms with E-state index in [2.05, 4.69) is 4.74 Å². The van der Waals surface area contributed by atoms with Crippen LogP contribution in [0.25, 0.3) is 0 Å². The van der Waals surface area contributed by atoms with Gasteiger partial charge in [-0.3, -0.25) is 10.1 Å². The maximum Gasteiger partial charge on any atom is 0.413 e. The summed E-state index contributed by atoms with van der Waals surface area (Å²) in [5.74, 6) is -1.00. The third-order valence-corrected chi connectivity index (χ3v) is 1.35. The van der Waals surface area contributed by atoms with Crippen LogP contribution in [0.5, 0.6) is 0 Å². The smallest absolute Gasteiger partial charge is 0.413 e. The molecular formula is C8H13NO5. The molecule has 0 rings (SSSR count). The minimum absolute atomic E-state index is 0.0315. The number of carbonyl (C=O) groups is 1. The molecule has 0 aliphatic carbocycles. The highest BCUT2D eigenvalue weighted by atomic mass is 16.6. The summed E-state index contributed by atoms with van der Waals surface area (Å²) in [5, 5.41) is 10.5. The summed E-state index contributed by atoms with van der Waals surface area (Å²) in [6.07, 6.45) is 0. The van der Waals surface area contributed by atoms with Crippen molar-refractivity contribution in [2.45, 2.75) is 20.8 Å². The fourth-order valence-corrected chi connectivity index (χ4v) is 0.831. The van der Waals surface area contributed by atoms with Crippen LogP contribution in [0.15, 0.2) is 11.5 Å². The predicted octanol–water partition coefficient (Wildman–Crippen LogP) is 1.09. The van der Waals surface area contributed by atoms with Crippen LogP contribution in [-0.2, 0) is 14.3 Å². The molecule has 80 valence electrons. The first-order valence-electron chi connectivity index (χ1n) is 4.19. The lowest BCUT2D eigenvalue weighted by molar-refractivity contribution is -0.424. The molecule has 0 aromatic carbocycles. The van der Waals surface area contributed by atoms with Crippen molar-refractivity contribution in [3.05, 3.63) is 21.6 Å². The van der Waals surface area contributed by atoms with Crippen molar-refractivity contribution < 1.29 is 19.2 Å². The molecule has 0 unspecified atom stereocenters. The zero-order chi connectivity index (χ0) is 11.1. The van der Waals surface area contributed by atoms with Gasteiger partial charge < -0.3 is 9.47 Å². The standard InChI is InChI=1S/C8H13NO5/c1-4-13-6(3)7(9(11)12)8(10)14-5-2/h4-5H2,1-3H3/b7-6-. The molecule has 0 bridgehead atoms. The summed E-state index contributed by atoms with van der Waals surface area (Å²) in [6.45, 7) is 4.97. The second-order valence-electron chi connectivity index (χ2n) is 2.32. The molecule has 6 nitrogen and oxygen atoms in total. The van der Waals surface area contributed by atoms with Gasteiger partial charge in [0.05, 0.1) is 18.1 Å². The SMILES string of the molecule is CCOC(=O)/C(=C(\C)OCC)[N+](=O)[O-]. The molecule has 0 spiro atoms. The molecule has 0 heterocycles.